The fraction of sp³-hybridized carbons (Fsp3) is 0.278. The van der Waals surface area contributed by atoms with E-state index >= 15 is 0 Å². The summed E-state index contributed by atoms with van der Waals surface area (Å²) in [6.07, 6.45) is 0. The molecule has 26 heavy (non-hydrogen) atoms. The number of aryl methyl sites for hydroxylation is 1. The highest BCUT2D eigenvalue weighted by Crippen LogP contribution is 2.31. The third-order valence-electron chi connectivity index (χ3n) is 3.43. The maximum Gasteiger partial charge on any atom is 0.262 e. The summed E-state index contributed by atoms with van der Waals surface area (Å²) in [4.78, 5) is 0.840. The predicted molar refractivity (Wildman–Crippen MR) is 102 cm³/mol. The second-order valence-electron chi connectivity index (χ2n) is 5.25. The molecule has 1 N–H and O–H groups in total. The number of benzene rings is 2. The second-order valence-corrected chi connectivity index (χ2v) is 7.79. The van der Waals surface area contributed by atoms with Crippen molar-refractivity contribution in [1.29, 1.82) is 5.26 Å². The van der Waals surface area contributed by atoms with Crippen LogP contribution in [0.25, 0.3) is 0 Å². The minimum absolute atomic E-state index is 0.0827. The zero-order valence-electron chi connectivity index (χ0n) is 14.8. The number of hydrogen-bond acceptors (Lipinski definition) is 6. The lowest BCUT2D eigenvalue weighted by atomic mass is 10.2. The van der Waals surface area contributed by atoms with Crippen molar-refractivity contribution in [3.05, 3.63) is 42.0 Å². The molecule has 0 unspecified atom stereocenters. The van der Waals surface area contributed by atoms with E-state index in [0.29, 0.717) is 30.4 Å². The third-order valence-corrected chi connectivity index (χ3v) is 5.37. The van der Waals surface area contributed by atoms with E-state index in [1.807, 2.05) is 19.2 Å². The van der Waals surface area contributed by atoms with Crippen LogP contribution in [0.3, 0.4) is 0 Å². The molecule has 0 amide bonds. The van der Waals surface area contributed by atoms with Crippen LogP contribution in [0.4, 0.5) is 5.69 Å². The molecule has 2 rings (SSSR count). The van der Waals surface area contributed by atoms with Crippen molar-refractivity contribution in [2.24, 2.45) is 0 Å². The molecule has 0 saturated carbocycles. The standard InChI is InChI=1S/C18H20N2O4S2/c1-4-23-17-9-7-15(11-18(17)24-5-2)26(21,22)20-16-8-6-14(25-12-19)10-13(16)3/h6-11,20H,4-5H2,1-3H3. The molecular formula is C18H20N2O4S2. The average Bonchev–Trinajstić information content (AvgIpc) is 2.59. The van der Waals surface area contributed by atoms with Crippen LogP contribution in [0.5, 0.6) is 11.5 Å². The summed E-state index contributed by atoms with van der Waals surface area (Å²) in [5.74, 6) is 0.886. The van der Waals surface area contributed by atoms with Gasteiger partial charge in [0.15, 0.2) is 11.5 Å². The molecule has 0 aliphatic heterocycles. The van der Waals surface area contributed by atoms with Crippen LogP contribution in [-0.4, -0.2) is 21.6 Å². The van der Waals surface area contributed by atoms with E-state index in [-0.39, 0.29) is 4.90 Å². The van der Waals surface area contributed by atoms with Crippen molar-refractivity contribution >= 4 is 27.5 Å². The van der Waals surface area contributed by atoms with Gasteiger partial charge in [-0.25, -0.2) is 8.42 Å². The highest BCUT2D eigenvalue weighted by atomic mass is 32.2. The Kier molecular flexibility index (Phi) is 6.77. The summed E-state index contributed by atoms with van der Waals surface area (Å²) in [7, 11) is -3.79. The molecule has 0 aromatic heterocycles. The van der Waals surface area contributed by atoms with Crippen LogP contribution in [0, 0.1) is 17.6 Å². The lowest BCUT2D eigenvalue weighted by molar-refractivity contribution is 0.287. The van der Waals surface area contributed by atoms with Gasteiger partial charge in [0, 0.05) is 11.0 Å². The van der Waals surface area contributed by atoms with Crippen molar-refractivity contribution < 1.29 is 17.9 Å². The summed E-state index contributed by atoms with van der Waals surface area (Å²) in [6, 6.07) is 9.61. The smallest absolute Gasteiger partial charge is 0.262 e. The lowest BCUT2D eigenvalue weighted by Crippen LogP contribution is -2.14. The Labute approximate surface area is 158 Å². The molecule has 0 aliphatic carbocycles. The van der Waals surface area contributed by atoms with E-state index in [1.54, 1.807) is 31.2 Å². The van der Waals surface area contributed by atoms with Gasteiger partial charge in [0.1, 0.15) is 5.40 Å². The molecule has 0 saturated heterocycles. The first kappa shape index (κ1) is 19.9. The Morgan fingerprint density at radius 3 is 2.38 bits per heavy atom. The Hall–Kier alpha value is -2.37. The Bertz CT molecular complexity index is 921. The molecule has 0 bridgehead atoms. The fourth-order valence-corrected chi connectivity index (χ4v) is 3.89. The number of hydrogen-bond donors (Lipinski definition) is 1. The Balaban J connectivity index is 2.33. The van der Waals surface area contributed by atoms with E-state index in [4.69, 9.17) is 14.7 Å². The molecule has 2 aromatic rings. The van der Waals surface area contributed by atoms with Crippen molar-refractivity contribution in [2.75, 3.05) is 17.9 Å². The normalized spacial score (nSPS) is 10.8. The molecule has 8 heteroatoms. The molecule has 0 fully saturated rings. The van der Waals surface area contributed by atoms with E-state index in [0.717, 1.165) is 22.2 Å². The minimum Gasteiger partial charge on any atom is -0.490 e. The maximum absolute atomic E-state index is 12.7. The summed E-state index contributed by atoms with van der Waals surface area (Å²) >= 11 is 1.02. The second kappa shape index (κ2) is 8.83. The topological polar surface area (TPSA) is 88.4 Å². The number of nitrogens with zero attached hydrogens (tertiary/aromatic N) is 1. The molecule has 2 aromatic carbocycles. The van der Waals surface area contributed by atoms with Gasteiger partial charge in [0.2, 0.25) is 0 Å². The van der Waals surface area contributed by atoms with Crippen LogP contribution >= 0.6 is 11.8 Å². The first-order valence-electron chi connectivity index (χ1n) is 8.00. The number of thioether (sulfide) groups is 1. The fourth-order valence-electron chi connectivity index (χ4n) is 2.27. The van der Waals surface area contributed by atoms with E-state index < -0.39 is 10.0 Å². The quantitative estimate of drug-likeness (QED) is 0.536. The van der Waals surface area contributed by atoms with Crippen LogP contribution in [0.15, 0.2) is 46.2 Å². The summed E-state index contributed by atoms with van der Waals surface area (Å²) in [6.45, 7) is 6.30. The molecule has 6 nitrogen and oxygen atoms in total. The molecule has 138 valence electrons. The number of anilines is 1. The van der Waals surface area contributed by atoms with Gasteiger partial charge in [-0.1, -0.05) is 0 Å². The predicted octanol–water partition coefficient (Wildman–Crippen LogP) is 4.17. The number of rotatable bonds is 8. The van der Waals surface area contributed by atoms with Crippen molar-refractivity contribution in [3.8, 4) is 16.9 Å². The van der Waals surface area contributed by atoms with Gasteiger partial charge in [0.05, 0.1) is 23.8 Å². The average molecular weight is 393 g/mol. The van der Waals surface area contributed by atoms with Crippen molar-refractivity contribution in [2.45, 2.75) is 30.6 Å². The Morgan fingerprint density at radius 1 is 1.08 bits per heavy atom. The van der Waals surface area contributed by atoms with Gasteiger partial charge in [-0.15, -0.1) is 0 Å². The van der Waals surface area contributed by atoms with Crippen molar-refractivity contribution in [1.82, 2.24) is 0 Å². The highest BCUT2D eigenvalue weighted by Gasteiger charge is 2.18. The van der Waals surface area contributed by atoms with Crippen LogP contribution < -0.4 is 14.2 Å². The number of nitriles is 1. The maximum atomic E-state index is 12.7. The van der Waals surface area contributed by atoms with Gasteiger partial charge >= 0.3 is 0 Å². The van der Waals surface area contributed by atoms with E-state index in [9.17, 15) is 8.42 Å². The number of nitrogens with one attached hydrogen (secondary N) is 1. The van der Waals surface area contributed by atoms with Crippen LogP contribution in [-0.2, 0) is 10.0 Å². The van der Waals surface area contributed by atoms with Crippen molar-refractivity contribution in [3.63, 3.8) is 0 Å². The monoisotopic (exact) mass is 392 g/mol. The third kappa shape index (κ3) is 4.84. The lowest BCUT2D eigenvalue weighted by Gasteiger charge is -2.14. The zero-order valence-corrected chi connectivity index (χ0v) is 16.4. The summed E-state index contributed by atoms with van der Waals surface area (Å²) < 4.78 is 39.0. The first-order valence-corrected chi connectivity index (χ1v) is 10.3. The molecule has 0 spiro atoms. The first-order chi connectivity index (χ1) is 12.4. The zero-order chi connectivity index (χ0) is 19.2. The number of ether oxygens (including phenoxy) is 2. The Morgan fingerprint density at radius 2 is 1.77 bits per heavy atom. The van der Waals surface area contributed by atoms with Gasteiger partial charge in [-0.05, 0) is 68.4 Å². The summed E-state index contributed by atoms with van der Waals surface area (Å²) in [5, 5.41) is 10.7. The number of sulfonamides is 1. The minimum atomic E-state index is -3.79. The molecule has 0 heterocycles. The van der Waals surface area contributed by atoms with Gasteiger partial charge in [-0.2, -0.15) is 5.26 Å². The van der Waals surface area contributed by atoms with Crippen LogP contribution in [0.1, 0.15) is 19.4 Å². The van der Waals surface area contributed by atoms with E-state index in [1.165, 1.54) is 12.1 Å². The summed E-state index contributed by atoms with van der Waals surface area (Å²) in [5.41, 5.74) is 1.18. The van der Waals surface area contributed by atoms with Gasteiger partial charge in [-0.3, -0.25) is 4.72 Å². The molecule has 0 aliphatic rings. The largest absolute Gasteiger partial charge is 0.490 e. The van der Waals surface area contributed by atoms with Crippen LogP contribution in [0.2, 0.25) is 0 Å². The molecule has 0 radical (unpaired) electrons. The van der Waals surface area contributed by atoms with Gasteiger partial charge < -0.3 is 9.47 Å². The highest BCUT2D eigenvalue weighted by molar-refractivity contribution is 8.03. The number of thiocyanates is 1. The molecule has 0 atom stereocenters. The molecular weight excluding hydrogens is 372 g/mol. The SMILES string of the molecule is CCOc1ccc(S(=O)(=O)Nc2ccc(SC#N)cc2C)cc1OCC. The van der Waals surface area contributed by atoms with E-state index in [2.05, 4.69) is 4.72 Å². The van der Waals surface area contributed by atoms with Gasteiger partial charge in [0.25, 0.3) is 10.0 Å².